The van der Waals surface area contributed by atoms with Crippen LogP contribution >= 0.6 is 0 Å². The summed E-state index contributed by atoms with van der Waals surface area (Å²) in [6.07, 6.45) is -6.07. The van der Waals surface area contributed by atoms with Crippen LogP contribution in [0.1, 0.15) is 27.9 Å². The van der Waals surface area contributed by atoms with E-state index in [-0.39, 0.29) is 21.8 Å². The summed E-state index contributed by atoms with van der Waals surface area (Å²) in [6.45, 7) is 1.68. The molecule has 1 unspecified atom stereocenters. The molecule has 0 saturated heterocycles. The minimum absolute atomic E-state index is 0.0308. The summed E-state index contributed by atoms with van der Waals surface area (Å²) in [4.78, 5) is 12.6. The highest BCUT2D eigenvalue weighted by molar-refractivity contribution is 6.05. The fourth-order valence-corrected chi connectivity index (χ4v) is 2.68. The monoisotopic (exact) mass is 366 g/mol. The minimum atomic E-state index is -5.13. The molecule has 1 N–H and O–H groups in total. The summed E-state index contributed by atoms with van der Waals surface area (Å²) in [5.41, 5.74) is -2.80. The first-order valence-corrected chi connectivity index (χ1v) is 7.65. The van der Waals surface area contributed by atoms with Gasteiger partial charge >= 0.3 is 6.18 Å². The molecule has 0 saturated carbocycles. The van der Waals surface area contributed by atoms with E-state index in [1.165, 1.54) is 30.3 Å². The molecular formula is C18H14F4N2O2. The van der Waals surface area contributed by atoms with Crippen molar-refractivity contribution in [3.8, 4) is 0 Å². The number of aryl methyl sites for hydroxylation is 1. The first-order chi connectivity index (χ1) is 12.1. The summed E-state index contributed by atoms with van der Waals surface area (Å²) in [5.74, 6) is -1.64. The molecule has 2 aromatic rings. The third kappa shape index (κ3) is 3.08. The Kier molecular flexibility index (Phi) is 4.31. The zero-order chi connectivity index (χ0) is 19.1. The summed E-state index contributed by atoms with van der Waals surface area (Å²) >= 11 is 0. The van der Waals surface area contributed by atoms with Crippen molar-refractivity contribution in [2.75, 3.05) is 0 Å². The van der Waals surface area contributed by atoms with Gasteiger partial charge in [-0.2, -0.15) is 23.3 Å². The van der Waals surface area contributed by atoms with Gasteiger partial charge in [0.25, 0.3) is 11.6 Å². The predicted octanol–water partition coefficient (Wildman–Crippen LogP) is 3.64. The number of halogens is 4. The van der Waals surface area contributed by atoms with Crippen LogP contribution < -0.4 is 0 Å². The van der Waals surface area contributed by atoms with Crippen LogP contribution in [0.15, 0.2) is 53.6 Å². The molecular weight excluding hydrogens is 352 g/mol. The zero-order valence-electron chi connectivity index (χ0n) is 13.6. The lowest BCUT2D eigenvalue weighted by molar-refractivity contribution is -0.297. The van der Waals surface area contributed by atoms with Crippen LogP contribution in [0, 0.1) is 12.7 Å². The number of benzene rings is 2. The van der Waals surface area contributed by atoms with Gasteiger partial charge in [0.05, 0.1) is 12.1 Å². The van der Waals surface area contributed by atoms with Gasteiger partial charge in [0.2, 0.25) is 0 Å². The summed E-state index contributed by atoms with van der Waals surface area (Å²) in [6, 6.07) is 10.6. The van der Waals surface area contributed by atoms with Crippen molar-refractivity contribution in [1.82, 2.24) is 5.01 Å². The largest absolute Gasteiger partial charge is 0.438 e. The zero-order valence-corrected chi connectivity index (χ0v) is 13.6. The standard InChI is InChI=1S/C18H14F4N2O2/c1-11-3-2-4-13(9-11)16(25)24-17(26,18(20,21)22)10-15(23-24)12-5-7-14(19)8-6-12/h2-9,26H,10H2,1H3. The van der Waals surface area contributed by atoms with E-state index in [9.17, 15) is 27.5 Å². The van der Waals surface area contributed by atoms with E-state index >= 15 is 0 Å². The van der Waals surface area contributed by atoms with Gasteiger partial charge < -0.3 is 5.11 Å². The predicted molar refractivity (Wildman–Crippen MR) is 85.9 cm³/mol. The highest BCUT2D eigenvalue weighted by Gasteiger charge is 2.63. The van der Waals surface area contributed by atoms with Crippen LogP contribution in [0.3, 0.4) is 0 Å². The Bertz CT molecular complexity index is 878. The molecule has 8 heteroatoms. The van der Waals surface area contributed by atoms with Crippen LogP contribution in [0.2, 0.25) is 0 Å². The van der Waals surface area contributed by atoms with Gasteiger partial charge in [-0.1, -0.05) is 29.8 Å². The first kappa shape index (κ1) is 18.1. The minimum Gasteiger partial charge on any atom is -0.362 e. The van der Waals surface area contributed by atoms with Crippen molar-refractivity contribution >= 4 is 11.6 Å². The lowest BCUT2D eigenvalue weighted by Gasteiger charge is -2.32. The van der Waals surface area contributed by atoms with E-state index in [1.54, 1.807) is 13.0 Å². The molecule has 1 aliphatic rings. The van der Waals surface area contributed by atoms with Crippen LogP contribution in [-0.4, -0.2) is 33.6 Å². The Labute approximate surface area is 146 Å². The van der Waals surface area contributed by atoms with E-state index in [0.29, 0.717) is 5.56 Å². The van der Waals surface area contributed by atoms with Gasteiger partial charge in [-0.05, 0) is 36.8 Å². The van der Waals surface area contributed by atoms with E-state index in [1.807, 2.05) is 0 Å². The molecule has 0 aliphatic carbocycles. The lowest BCUT2D eigenvalue weighted by atomic mass is 10.0. The van der Waals surface area contributed by atoms with E-state index in [4.69, 9.17) is 0 Å². The van der Waals surface area contributed by atoms with Crippen molar-refractivity contribution in [3.05, 3.63) is 71.0 Å². The summed E-state index contributed by atoms with van der Waals surface area (Å²) in [5, 5.41) is 14.0. The maximum atomic E-state index is 13.5. The molecule has 0 aromatic heterocycles. The van der Waals surface area contributed by atoms with E-state index in [0.717, 1.165) is 12.1 Å². The topological polar surface area (TPSA) is 52.9 Å². The fraction of sp³-hybridized carbons (Fsp3) is 0.222. The molecule has 3 rings (SSSR count). The maximum Gasteiger partial charge on any atom is 0.438 e. The number of hydrogen-bond donors (Lipinski definition) is 1. The normalized spacial score (nSPS) is 20.2. The van der Waals surface area contributed by atoms with Crippen LogP contribution in [0.25, 0.3) is 0 Å². The number of alkyl halides is 3. The molecule has 4 nitrogen and oxygen atoms in total. The lowest BCUT2D eigenvalue weighted by Crippen LogP contribution is -2.56. The second kappa shape index (κ2) is 6.21. The smallest absolute Gasteiger partial charge is 0.362 e. The average Bonchev–Trinajstić information content (AvgIpc) is 2.94. The van der Waals surface area contributed by atoms with Gasteiger partial charge in [-0.25, -0.2) is 4.39 Å². The van der Waals surface area contributed by atoms with Crippen molar-refractivity contribution < 1.29 is 27.5 Å². The quantitative estimate of drug-likeness (QED) is 0.825. The molecule has 1 atom stereocenters. The number of carbonyl (C=O) groups excluding carboxylic acids is 1. The highest BCUT2D eigenvalue weighted by atomic mass is 19.4. The molecule has 136 valence electrons. The second-order valence-electron chi connectivity index (χ2n) is 6.03. The third-order valence-corrected chi connectivity index (χ3v) is 4.07. The second-order valence-corrected chi connectivity index (χ2v) is 6.03. The number of hydrazone groups is 1. The molecule has 1 amide bonds. The van der Waals surface area contributed by atoms with Crippen molar-refractivity contribution in [2.24, 2.45) is 5.10 Å². The van der Waals surface area contributed by atoms with Crippen LogP contribution in [-0.2, 0) is 0 Å². The molecule has 0 fully saturated rings. The van der Waals surface area contributed by atoms with E-state index < -0.39 is 30.0 Å². The molecule has 0 spiro atoms. The van der Waals surface area contributed by atoms with Crippen molar-refractivity contribution in [1.29, 1.82) is 0 Å². The first-order valence-electron chi connectivity index (χ1n) is 7.65. The Morgan fingerprint density at radius 1 is 1.19 bits per heavy atom. The van der Waals surface area contributed by atoms with Crippen LogP contribution in [0.5, 0.6) is 0 Å². The SMILES string of the molecule is Cc1cccc(C(=O)N2N=C(c3ccc(F)cc3)CC2(O)C(F)(F)F)c1. The summed E-state index contributed by atoms with van der Waals surface area (Å²) < 4.78 is 53.6. The maximum absolute atomic E-state index is 13.5. The third-order valence-electron chi connectivity index (χ3n) is 4.07. The summed E-state index contributed by atoms with van der Waals surface area (Å²) in [7, 11) is 0. The molecule has 1 aliphatic heterocycles. The van der Waals surface area contributed by atoms with E-state index in [2.05, 4.69) is 5.10 Å². The van der Waals surface area contributed by atoms with Gasteiger partial charge in [0, 0.05) is 5.56 Å². The number of amides is 1. The van der Waals surface area contributed by atoms with Gasteiger partial charge in [0.1, 0.15) is 5.82 Å². The molecule has 26 heavy (non-hydrogen) atoms. The van der Waals surface area contributed by atoms with Gasteiger partial charge in [-0.15, -0.1) is 0 Å². The molecule has 0 bridgehead atoms. The molecule has 2 aromatic carbocycles. The highest BCUT2D eigenvalue weighted by Crippen LogP contribution is 2.42. The van der Waals surface area contributed by atoms with Crippen LogP contribution in [0.4, 0.5) is 17.6 Å². The van der Waals surface area contributed by atoms with Crippen molar-refractivity contribution in [3.63, 3.8) is 0 Å². The van der Waals surface area contributed by atoms with Gasteiger partial charge in [-0.3, -0.25) is 4.79 Å². The van der Waals surface area contributed by atoms with Gasteiger partial charge in [0.15, 0.2) is 0 Å². The average molecular weight is 366 g/mol. The number of carbonyl (C=O) groups is 1. The fourth-order valence-electron chi connectivity index (χ4n) is 2.68. The molecule has 0 radical (unpaired) electrons. The Morgan fingerprint density at radius 3 is 2.42 bits per heavy atom. The van der Waals surface area contributed by atoms with Crippen molar-refractivity contribution in [2.45, 2.75) is 25.2 Å². The number of hydrogen-bond acceptors (Lipinski definition) is 3. The Balaban J connectivity index is 2.05. The number of rotatable bonds is 2. The number of nitrogens with zero attached hydrogens (tertiary/aromatic N) is 2. The molecule has 1 heterocycles. The Morgan fingerprint density at radius 2 is 1.85 bits per heavy atom. The number of aliphatic hydroxyl groups is 1. The Hall–Kier alpha value is -2.74.